The van der Waals surface area contributed by atoms with Gasteiger partial charge in [0, 0.05) is 11.2 Å². The highest BCUT2D eigenvalue weighted by atomic mass is 79.9. The Bertz CT molecular complexity index is 336. The van der Waals surface area contributed by atoms with E-state index in [2.05, 4.69) is 15.9 Å². The molecule has 0 amide bonds. The lowest BCUT2D eigenvalue weighted by Gasteiger charge is -1.89. The second kappa shape index (κ2) is 3.14. The summed E-state index contributed by atoms with van der Waals surface area (Å²) in [7, 11) is 0. The van der Waals surface area contributed by atoms with Crippen molar-refractivity contribution in [3.05, 3.63) is 28.0 Å². The Kier molecular flexibility index (Phi) is 2.11. The molecule has 1 aliphatic carbocycles. The number of alkyl halides is 1. The fraction of sp³-hybridized carbons (Fsp3) is 0.500. The number of hydrogen-bond donors (Lipinski definition) is 0. The van der Waals surface area contributed by atoms with Crippen LogP contribution in [0.5, 0.6) is 0 Å². The van der Waals surface area contributed by atoms with Gasteiger partial charge in [0.1, 0.15) is 10.7 Å². The van der Waals surface area contributed by atoms with Crippen molar-refractivity contribution in [3.63, 3.8) is 0 Å². The first-order valence-electron chi connectivity index (χ1n) is 4.02. The minimum Gasteiger partial charge on any atom is -0.406 e. The molecule has 4 nitrogen and oxygen atoms in total. The van der Waals surface area contributed by atoms with E-state index < -0.39 is 4.92 Å². The Balaban J connectivity index is 2.11. The summed E-state index contributed by atoms with van der Waals surface area (Å²) in [5.74, 6) is 1.56. The molecule has 2 rings (SSSR count). The largest absolute Gasteiger partial charge is 0.433 e. The predicted molar refractivity (Wildman–Crippen MR) is 50.0 cm³/mol. The lowest BCUT2D eigenvalue weighted by molar-refractivity contribution is -0.402. The van der Waals surface area contributed by atoms with Gasteiger partial charge < -0.3 is 4.42 Å². The van der Waals surface area contributed by atoms with Crippen LogP contribution in [0.15, 0.2) is 16.5 Å². The molecule has 2 unspecified atom stereocenters. The molecule has 0 bridgehead atoms. The van der Waals surface area contributed by atoms with Gasteiger partial charge in [-0.15, -0.1) is 0 Å². The van der Waals surface area contributed by atoms with Gasteiger partial charge in [0.15, 0.2) is 0 Å². The van der Waals surface area contributed by atoms with Crippen molar-refractivity contribution in [2.45, 2.75) is 12.3 Å². The molecule has 0 aromatic carbocycles. The van der Waals surface area contributed by atoms with E-state index in [1.807, 2.05) is 0 Å². The Morgan fingerprint density at radius 2 is 2.46 bits per heavy atom. The van der Waals surface area contributed by atoms with Crippen LogP contribution in [0, 0.1) is 16.0 Å². The molecule has 1 saturated carbocycles. The van der Waals surface area contributed by atoms with Crippen molar-refractivity contribution >= 4 is 21.8 Å². The third-order valence-electron chi connectivity index (χ3n) is 2.28. The van der Waals surface area contributed by atoms with E-state index in [1.54, 1.807) is 6.07 Å². The first-order chi connectivity index (χ1) is 6.22. The maximum absolute atomic E-state index is 10.3. The lowest BCUT2D eigenvalue weighted by atomic mass is 10.3. The fourth-order valence-electron chi connectivity index (χ4n) is 1.41. The summed E-state index contributed by atoms with van der Waals surface area (Å²) in [4.78, 5) is 9.81. The summed E-state index contributed by atoms with van der Waals surface area (Å²) < 4.78 is 5.08. The highest BCUT2D eigenvalue weighted by Crippen LogP contribution is 2.49. The van der Waals surface area contributed by atoms with Gasteiger partial charge in [0.05, 0.1) is 6.07 Å². The number of halogens is 1. The van der Waals surface area contributed by atoms with Gasteiger partial charge >= 0.3 is 5.88 Å². The van der Waals surface area contributed by atoms with Crippen molar-refractivity contribution in [2.75, 3.05) is 5.33 Å². The Morgan fingerprint density at radius 1 is 1.69 bits per heavy atom. The first kappa shape index (κ1) is 8.74. The molecular formula is C8H8BrNO3. The summed E-state index contributed by atoms with van der Waals surface area (Å²) in [6, 6.07) is 3.12. The van der Waals surface area contributed by atoms with E-state index in [4.69, 9.17) is 4.42 Å². The number of furan rings is 1. The van der Waals surface area contributed by atoms with E-state index >= 15 is 0 Å². The standard InChI is InChI=1S/C8H8BrNO3/c9-4-5-3-6(5)7-1-2-8(13-7)10(11)12/h1-2,5-6H,3-4H2. The number of hydrogen-bond acceptors (Lipinski definition) is 3. The minimum absolute atomic E-state index is 0.157. The molecule has 2 atom stereocenters. The van der Waals surface area contributed by atoms with Crippen LogP contribution in [0.25, 0.3) is 0 Å². The van der Waals surface area contributed by atoms with E-state index in [0.717, 1.165) is 17.5 Å². The zero-order valence-electron chi connectivity index (χ0n) is 6.77. The smallest absolute Gasteiger partial charge is 0.406 e. The zero-order valence-corrected chi connectivity index (χ0v) is 8.36. The summed E-state index contributed by atoms with van der Waals surface area (Å²) in [6.07, 6.45) is 1.07. The van der Waals surface area contributed by atoms with Gasteiger partial charge in [-0.1, -0.05) is 15.9 Å². The summed E-state index contributed by atoms with van der Waals surface area (Å²) in [5, 5.41) is 11.2. The average molecular weight is 246 g/mol. The second-order valence-corrected chi connectivity index (χ2v) is 3.84. The third kappa shape index (κ3) is 1.60. The van der Waals surface area contributed by atoms with Crippen LogP contribution in [0.1, 0.15) is 18.1 Å². The molecule has 1 aromatic rings. The molecule has 0 radical (unpaired) electrons. The minimum atomic E-state index is -0.505. The zero-order chi connectivity index (χ0) is 9.42. The summed E-state index contributed by atoms with van der Waals surface area (Å²) in [5.41, 5.74) is 0. The Labute approximate surface area is 83.2 Å². The summed E-state index contributed by atoms with van der Waals surface area (Å²) >= 11 is 3.37. The molecule has 5 heteroatoms. The number of nitrogens with zero attached hydrogens (tertiary/aromatic N) is 1. The molecule has 0 aliphatic heterocycles. The fourth-order valence-corrected chi connectivity index (χ4v) is 2.12. The quantitative estimate of drug-likeness (QED) is 0.468. The Hall–Kier alpha value is -0.840. The van der Waals surface area contributed by atoms with Gasteiger partial charge in [-0.2, -0.15) is 0 Å². The van der Waals surface area contributed by atoms with E-state index in [9.17, 15) is 10.1 Å². The van der Waals surface area contributed by atoms with Crippen molar-refractivity contribution < 1.29 is 9.34 Å². The van der Waals surface area contributed by atoms with E-state index in [0.29, 0.717) is 11.8 Å². The molecule has 0 spiro atoms. The highest BCUT2D eigenvalue weighted by molar-refractivity contribution is 9.09. The maximum atomic E-state index is 10.3. The molecular weight excluding hydrogens is 238 g/mol. The second-order valence-electron chi connectivity index (χ2n) is 3.19. The maximum Gasteiger partial charge on any atom is 0.433 e. The van der Waals surface area contributed by atoms with Crippen LogP contribution in [0.2, 0.25) is 0 Å². The van der Waals surface area contributed by atoms with Crippen molar-refractivity contribution in [3.8, 4) is 0 Å². The lowest BCUT2D eigenvalue weighted by Crippen LogP contribution is -1.84. The third-order valence-corrected chi connectivity index (χ3v) is 3.11. The molecule has 1 fully saturated rings. The average Bonchev–Trinajstić information content (AvgIpc) is 2.73. The molecule has 0 N–H and O–H groups in total. The molecule has 70 valence electrons. The van der Waals surface area contributed by atoms with Crippen LogP contribution < -0.4 is 0 Å². The normalized spacial score (nSPS) is 25.9. The topological polar surface area (TPSA) is 56.3 Å². The number of rotatable bonds is 3. The van der Waals surface area contributed by atoms with Crippen LogP contribution in [-0.4, -0.2) is 10.3 Å². The van der Waals surface area contributed by atoms with Crippen molar-refractivity contribution in [2.24, 2.45) is 5.92 Å². The molecule has 1 heterocycles. The van der Waals surface area contributed by atoms with Crippen molar-refractivity contribution in [1.29, 1.82) is 0 Å². The van der Waals surface area contributed by atoms with Crippen molar-refractivity contribution in [1.82, 2.24) is 0 Å². The van der Waals surface area contributed by atoms with E-state index in [-0.39, 0.29) is 5.88 Å². The van der Waals surface area contributed by atoms with Crippen LogP contribution in [0.4, 0.5) is 5.88 Å². The van der Waals surface area contributed by atoms with Gasteiger partial charge in [-0.3, -0.25) is 10.1 Å². The van der Waals surface area contributed by atoms with Crippen LogP contribution in [0.3, 0.4) is 0 Å². The van der Waals surface area contributed by atoms with Crippen LogP contribution in [-0.2, 0) is 0 Å². The predicted octanol–water partition coefficient (Wildman–Crippen LogP) is 2.69. The molecule has 13 heavy (non-hydrogen) atoms. The summed E-state index contributed by atoms with van der Waals surface area (Å²) in [6.45, 7) is 0. The highest BCUT2D eigenvalue weighted by Gasteiger charge is 2.40. The van der Waals surface area contributed by atoms with Gasteiger partial charge in [0.25, 0.3) is 0 Å². The van der Waals surface area contributed by atoms with Gasteiger partial charge in [-0.25, -0.2) is 0 Å². The Morgan fingerprint density at radius 3 is 2.92 bits per heavy atom. The number of nitro groups is 1. The van der Waals surface area contributed by atoms with Gasteiger partial charge in [-0.05, 0) is 18.4 Å². The first-order valence-corrected chi connectivity index (χ1v) is 5.14. The molecule has 1 aromatic heterocycles. The SMILES string of the molecule is O=[N+]([O-])c1ccc(C2CC2CBr)o1. The molecule has 0 saturated heterocycles. The monoisotopic (exact) mass is 245 g/mol. The molecule has 1 aliphatic rings. The van der Waals surface area contributed by atoms with Crippen LogP contribution >= 0.6 is 15.9 Å². The van der Waals surface area contributed by atoms with Gasteiger partial charge in [0.2, 0.25) is 0 Å². The van der Waals surface area contributed by atoms with E-state index in [1.165, 1.54) is 6.07 Å².